The van der Waals surface area contributed by atoms with Crippen molar-refractivity contribution in [2.75, 3.05) is 17.2 Å². The summed E-state index contributed by atoms with van der Waals surface area (Å²) in [5.74, 6) is 0. The first kappa shape index (κ1) is 13.5. The van der Waals surface area contributed by atoms with E-state index in [-0.39, 0.29) is 0 Å². The van der Waals surface area contributed by atoms with Gasteiger partial charge in [0.2, 0.25) is 0 Å². The zero-order valence-electron chi connectivity index (χ0n) is 12.0. The molecule has 0 unspecified atom stereocenters. The first-order chi connectivity index (χ1) is 9.10. The lowest BCUT2D eigenvalue weighted by Gasteiger charge is -2.23. The first-order valence-electron chi connectivity index (χ1n) is 6.76. The molecular weight excluding hydrogens is 232 g/mol. The molecule has 100 valence electrons. The standard InChI is InChI=1S/C17H22N2/c1-4-19(16-8-5-13(2)6-9-16)12-15-7-10-17(18)14(3)11-15/h5-11H,4,12,18H2,1-3H3. The number of nitrogens with two attached hydrogens (primary N) is 1. The Morgan fingerprint density at radius 3 is 2.26 bits per heavy atom. The second kappa shape index (κ2) is 5.79. The van der Waals surface area contributed by atoms with E-state index in [1.54, 1.807) is 0 Å². The summed E-state index contributed by atoms with van der Waals surface area (Å²) in [5.41, 5.74) is 11.7. The minimum Gasteiger partial charge on any atom is -0.399 e. The number of nitrogen functional groups attached to an aromatic ring is 1. The third kappa shape index (κ3) is 3.28. The van der Waals surface area contributed by atoms with Crippen LogP contribution in [0.3, 0.4) is 0 Å². The van der Waals surface area contributed by atoms with Crippen molar-refractivity contribution in [1.29, 1.82) is 0 Å². The molecule has 0 atom stereocenters. The van der Waals surface area contributed by atoms with Gasteiger partial charge in [0.25, 0.3) is 0 Å². The van der Waals surface area contributed by atoms with Crippen molar-refractivity contribution in [3.05, 3.63) is 59.2 Å². The molecule has 2 rings (SSSR count). The largest absolute Gasteiger partial charge is 0.399 e. The minimum atomic E-state index is 0.863. The van der Waals surface area contributed by atoms with Gasteiger partial charge in [0, 0.05) is 24.5 Å². The summed E-state index contributed by atoms with van der Waals surface area (Å²) in [6, 6.07) is 15.0. The molecule has 2 aromatic rings. The number of rotatable bonds is 4. The Balaban J connectivity index is 2.18. The van der Waals surface area contributed by atoms with E-state index in [0.29, 0.717) is 0 Å². The molecule has 19 heavy (non-hydrogen) atoms. The molecule has 2 heteroatoms. The van der Waals surface area contributed by atoms with E-state index < -0.39 is 0 Å². The fourth-order valence-electron chi connectivity index (χ4n) is 2.20. The highest BCUT2D eigenvalue weighted by molar-refractivity contribution is 5.51. The molecule has 0 aliphatic carbocycles. The highest BCUT2D eigenvalue weighted by Gasteiger charge is 2.06. The SMILES string of the molecule is CCN(Cc1ccc(N)c(C)c1)c1ccc(C)cc1. The molecule has 0 bridgehead atoms. The quantitative estimate of drug-likeness (QED) is 0.838. The summed E-state index contributed by atoms with van der Waals surface area (Å²) in [6.07, 6.45) is 0. The van der Waals surface area contributed by atoms with E-state index >= 15 is 0 Å². The lowest BCUT2D eigenvalue weighted by Crippen LogP contribution is -2.21. The van der Waals surface area contributed by atoms with Crippen molar-refractivity contribution in [2.45, 2.75) is 27.3 Å². The Morgan fingerprint density at radius 1 is 1.00 bits per heavy atom. The van der Waals surface area contributed by atoms with Crippen molar-refractivity contribution in [3.63, 3.8) is 0 Å². The second-order valence-corrected chi connectivity index (χ2v) is 5.04. The number of aryl methyl sites for hydroxylation is 2. The predicted molar refractivity (Wildman–Crippen MR) is 83.5 cm³/mol. The predicted octanol–water partition coefficient (Wildman–Crippen LogP) is 3.91. The highest BCUT2D eigenvalue weighted by atomic mass is 15.1. The van der Waals surface area contributed by atoms with Gasteiger partial charge in [-0.05, 0) is 50.1 Å². The van der Waals surface area contributed by atoms with Crippen LogP contribution >= 0.6 is 0 Å². The number of hydrogen-bond acceptors (Lipinski definition) is 2. The van der Waals surface area contributed by atoms with Crippen molar-refractivity contribution in [2.24, 2.45) is 0 Å². The van der Waals surface area contributed by atoms with Gasteiger partial charge in [0.15, 0.2) is 0 Å². The average Bonchev–Trinajstić information content (AvgIpc) is 2.41. The molecule has 0 aliphatic rings. The van der Waals surface area contributed by atoms with Crippen LogP contribution < -0.4 is 10.6 Å². The summed E-state index contributed by atoms with van der Waals surface area (Å²) >= 11 is 0. The monoisotopic (exact) mass is 254 g/mol. The van der Waals surface area contributed by atoms with Gasteiger partial charge in [-0.2, -0.15) is 0 Å². The van der Waals surface area contributed by atoms with E-state index in [9.17, 15) is 0 Å². The van der Waals surface area contributed by atoms with Gasteiger partial charge < -0.3 is 10.6 Å². The van der Waals surface area contributed by atoms with Crippen LogP contribution in [0.25, 0.3) is 0 Å². The van der Waals surface area contributed by atoms with Crippen molar-refractivity contribution >= 4 is 11.4 Å². The summed E-state index contributed by atoms with van der Waals surface area (Å²) in [5, 5.41) is 0. The maximum Gasteiger partial charge on any atom is 0.0429 e. The number of benzene rings is 2. The van der Waals surface area contributed by atoms with Gasteiger partial charge in [0.05, 0.1) is 0 Å². The number of hydrogen-bond donors (Lipinski definition) is 1. The fraction of sp³-hybridized carbons (Fsp3) is 0.294. The molecule has 0 spiro atoms. The summed E-state index contributed by atoms with van der Waals surface area (Å²) in [7, 11) is 0. The third-order valence-electron chi connectivity index (χ3n) is 3.49. The Kier molecular flexibility index (Phi) is 4.10. The maximum absolute atomic E-state index is 5.87. The molecule has 0 saturated carbocycles. The summed E-state index contributed by atoms with van der Waals surface area (Å²) in [6.45, 7) is 8.27. The lowest BCUT2D eigenvalue weighted by atomic mass is 10.1. The number of anilines is 2. The van der Waals surface area contributed by atoms with Crippen molar-refractivity contribution in [1.82, 2.24) is 0 Å². The highest BCUT2D eigenvalue weighted by Crippen LogP contribution is 2.19. The van der Waals surface area contributed by atoms with Gasteiger partial charge in [-0.3, -0.25) is 0 Å². The van der Waals surface area contributed by atoms with Gasteiger partial charge in [-0.25, -0.2) is 0 Å². The lowest BCUT2D eigenvalue weighted by molar-refractivity contribution is 0.831. The number of nitrogens with zero attached hydrogens (tertiary/aromatic N) is 1. The van der Waals surface area contributed by atoms with E-state index in [1.165, 1.54) is 16.8 Å². The van der Waals surface area contributed by atoms with E-state index in [4.69, 9.17) is 5.73 Å². The maximum atomic E-state index is 5.87. The van der Waals surface area contributed by atoms with Crippen LogP contribution in [0.5, 0.6) is 0 Å². The Morgan fingerprint density at radius 2 is 1.68 bits per heavy atom. The molecule has 0 radical (unpaired) electrons. The topological polar surface area (TPSA) is 29.3 Å². The van der Waals surface area contributed by atoms with Crippen molar-refractivity contribution < 1.29 is 0 Å². The molecule has 2 nitrogen and oxygen atoms in total. The molecule has 0 heterocycles. The van der Waals surface area contributed by atoms with E-state index in [0.717, 1.165) is 24.3 Å². The van der Waals surface area contributed by atoms with Crippen LogP contribution in [0, 0.1) is 13.8 Å². The van der Waals surface area contributed by atoms with Crippen LogP contribution in [0.4, 0.5) is 11.4 Å². The third-order valence-corrected chi connectivity index (χ3v) is 3.49. The second-order valence-electron chi connectivity index (χ2n) is 5.04. The van der Waals surface area contributed by atoms with Gasteiger partial charge in [0.1, 0.15) is 0 Å². The van der Waals surface area contributed by atoms with Crippen LogP contribution in [0.15, 0.2) is 42.5 Å². The van der Waals surface area contributed by atoms with Crippen LogP contribution in [0.2, 0.25) is 0 Å². The zero-order chi connectivity index (χ0) is 13.8. The molecule has 0 aliphatic heterocycles. The Labute approximate surface area is 115 Å². The zero-order valence-corrected chi connectivity index (χ0v) is 12.0. The minimum absolute atomic E-state index is 0.863. The Hall–Kier alpha value is -1.96. The first-order valence-corrected chi connectivity index (χ1v) is 6.76. The molecule has 0 amide bonds. The van der Waals surface area contributed by atoms with Gasteiger partial charge in [-0.15, -0.1) is 0 Å². The molecule has 0 fully saturated rings. The fourth-order valence-corrected chi connectivity index (χ4v) is 2.20. The van der Waals surface area contributed by atoms with Crippen LogP contribution in [-0.2, 0) is 6.54 Å². The molecule has 0 saturated heterocycles. The molecule has 2 aromatic carbocycles. The summed E-state index contributed by atoms with van der Waals surface area (Å²) < 4.78 is 0. The van der Waals surface area contributed by atoms with E-state index in [1.807, 2.05) is 6.07 Å². The van der Waals surface area contributed by atoms with Crippen molar-refractivity contribution in [3.8, 4) is 0 Å². The smallest absolute Gasteiger partial charge is 0.0429 e. The molecule has 2 N–H and O–H groups in total. The molecule has 0 aromatic heterocycles. The van der Waals surface area contributed by atoms with Gasteiger partial charge >= 0.3 is 0 Å². The average molecular weight is 254 g/mol. The van der Waals surface area contributed by atoms with Crippen LogP contribution in [0.1, 0.15) is 23.6 Å². The van der Waals surface area contributed by atoms with E-state index in [2.05, 4.69) is 62.1 Å². The normalized spacial score (nSPS) is 10.5. The van der Waals surface area contributed by atoms with Gasteiger partial charge in [-0.1, -0.05) is 29.8 Å². The summed E-state index contributed by atoms with van der Waals surface area (Å²) in [4.78, 5) is 2.37. The molecular formula is C17H22N2. The van der Waals surface area contributed by atoms with Crippen LogP contribution in [-0.4, -0.2) is 6.54 Å². The Bertz CT molecular complexity index is 544.